The maximum Gasteiger partial charge on any atom is 0.406 e. The second-order valence-corrected chi connectivity index (χ2v) is 6.85. The summed E-state index contributed by atoms with van der Waals surface area (Å²) in [6, 6.07) is 3.94. The molecule has 1 aromatic rings. The quantitative estimate of drug-likeness (QED) is 0.556. The van der Waals surface area contributed by atoms with E-state index in [0.717, 1.165) is 25.5 Å². The van der Waals surface area contributed by atoms with Crippen molar-refractivity contribution < 1.29 is 31.1 Å². The lowest BCUT2D eigenvalue weighted by Crippen LogP contribution is -2.44. The van der Waals surface area contributed by atoms with Crippen LogP contribution in [0.25, 0.3) is 0 Å². The average molecular weight is 412 g/mol. The van der Waals surface area contributed by atoms with E-state index < -0.39 is 31.3 Å². The Hall–Kier alpha value is -2.17. The van der Waals surface area contributed by atoms with Crippen LogP contribution >= 0.6 is 0 Å². The monoisotopic (exact) mass is 412 g/mol. The first kappa shape index (κ1) is 22.1. The van der Waals surface area contributed by atoms with E-state index >= 15 is 0 Å². The smallest absolute Gasteiger partial charge is 0.397 e. The molecule has 158 valence electrons. The number of benzene rings is 1. The Morgan fingerprint density at radius 1 is 1.21 bits per heavy atom. The maximum atomic E-state index is 12.6. The number of hydrogen-bond acceptors (Lipinski definition) is 4. The van der Waals surface area contributed by atoms with Crippen molar-refractivity contribution in [2.24, 2.45) is 0 Å². The molecule has 11 heteroatoms. The van der Waals surface area contributed by atoms with Crippen LogP contribution in [0, 0.1) is 0 Å². The summed E-state index contributed by atoms with van der Waals surface area (Å²) in [5.74, 6) is -1.39. The summed E-state index contributed by atoms with van der Waals surface area (Å²) in [5.41, 5.74) is 6.05. The highest BCUT2D eigenvalue weighted by Crippen LogP contribution is 2.26. The van der Waals surface area contributed by atoms with Gasteiger partial charge in [-0.2, -0.15) is 26.3 Å². The van der Waals surface area contributed by atoms with E-state index in [1.807, 2.05) is 7.05 Å². The van der Waals surface area contributed by atoms with Crippen LogP contribution in [0.4, 0.5) is 37.7 Å². The van der Waals surface area contributed by atoms with Crippen LogP contribution in [0.2, 0.25) is 0 Å². The SMILES string of the molecule is CN1CCC[C@@H]1CNc1ccc(C(=O)N(CC(F)(F)F)CC(F)(F)F)cc1N. The number of alkyl halides is 6. The molecular formula is C17H22F6N4O. The fourth-order valence-corrected chi connectivity index (χ4v) is 3.14. The number of carbonyl (C=O) groups excluding carboxylic acids is 1. The van der Waals surface area contributed by atoms with E-state index in [4.69, 9.17) is 5.73 Å². The standard InChI is InChI=1S/C17H22F6N4O/c1-26-6-2-3-12(26)8-25-14-5-4-11(7-13(14)24)15(28)27(9-16(18,19)20)10-17(21,22)23/h4-5,7,12,25H,2-3,6,8-10,24H2,1H3/t12-/m1/s1. The fourth-order valence-electron chi connectivity index (χ4n) is 3.14. The van der Waals surface area contributed by atoms with Crippen molar-refractivity contribution in [2.45, 2.75) is 31.2 Å². The summed E-state index contributed by atoms with van der Waals surface area (Å²) in [6.07, 6.45) is -7.84. The van der Waals surface area contributed by atoms with Crippen molar-refractivity contribution in [3.8, 4) is 0 Å². The first-order valence-corrected chi connectivity index (χ1v) is 8.62. The lowest BCUT2D eigenvalue weighted by molar-refractivity contribution is -0.171. The first-order valence-electron chi connectivity index (χ1n) is 8.62. The van der Waals surface area contributed by atoms with Crippen molar-refractivity contribution in [1.29, 1.82) is 0 Å². The molecule has 2 rings (SSSR count). The molecular weight excluding hydrogens is 390 g/mol. The second kappa shape index (κ2) is 8.46. The number of nitrogens with zero attached hydrogens (tertiary/aromatic N) is 2. The predicted molar refractivity (Wildman–Crippen MR) is 93.0 cm³/mol. The van der Waals surface area contributed by atoms with Gasteiger partial charge in [0.2, 0.25) is 0 Å². The van der Waals surface area contributed by atoms with Gasteiger partial charge in [-0.15, -0.1) is 0 Å². The van der Waals surface area contributed by atoms with Gasteiger partial charge < -0.3 is 20.9 Å². The summed E-state index contributed by atoms with van der Waals surface area (Å²) in [7, 11) is 1.99. The topological polar surface area (TPSA) is 61.6 Å². The molecule has 0 unspecified atom stereocenters. The van der Waals surface area contributed by atoms with Crippen LogP contribution in [0.3, 0.4) is 0 Å². The zero-order valence-corrected chi connectivity index (χ0v) is 15.2. The minimum atomic E-state index is -4.96. The molecule has 28 heavy (non-hydrogen) atoms. The van der Waals surface area contributed by atoms with Gasteiger partial charge in [0.05, 0.1) is 11.4 Å². The summed E-state index contributed by atoms with van der Waals surface area (Å²) < 4.78 is 75.5. The first-order chi connectivity index (χ1) is 12.9. The molecule has 0 spiro atoms. The third-order valence-electron chi connectivity index (χ3n) is 4.53. The minimum absolute atomic E-state index is 0.0745. The molecule has 0 bridgehead atoms. The van der Waals surface area contributed by atoms with Crippen LogP contribution in [0.5, 0.6) is 0 Å². The maximum absolute atomic E-state index is 12.6. The van der Waals surface area contributed by atoms with Gasteiger partial charge in [0, 0.05) is 18.2 Å². The Labute approximate surface area is 158 Å². The van der Waals surface area contributed by atoms with Gasteiger partial charge in [-0.25, -0.2) is 0 Å². The minimum Gasteiger partial charge on any atom is -0.397 e. The molecule has 1 aliphatic rings. The Balaban J connectivity index is 2.11. The van der Waals surface area contributed by atoms with Crippen molar-refractivity contribution >= 4 is 17.3 Å². The molecule has 1 heterocycles. The van der Waals surface area contributed by atoms with Gasteiger partial charge in [0.25, 0.3) is 5.91 Å². The number of hydrogen-bond donors (Lipinski definition) is 2. The van der Waals surface area contributed by atoms with Gasteiger partial charge in [-0.1, -0.05) is 0 Å². The number of likely N-dealkylation sites (N-methyl/N-ethyl adjacent to an activating group) is 1. The van der Waals surface area contributed by atoms with Gasteiger partial charge in [0.1, 0.15) is 13.1 Å². The van der Waals surface area contributed by atoms with Gasteiger partial charge in [-0.05, 0) is 44.6 Å². The normalized spacial score (nSPS) is 18.3. The molecule has 0 aliphatic carbocycles. The Morgan fingerprint density at radius 3 is 2.29 bits per heavy atom. The summed E-state index contributed by atoms with van der Waals surface area (Å²) in [6.45, 7) is -2.44. The number of anilines is 2. The van der Waals surface area contributed by atoms with E-state index in [2.05, 4.69) is 10.2 Å². The number of carbonyl (C=O) groups is 1. The Bertz CT molecular complexity index is 675. The van der Waals surface area contributed by atoms with Crippen molar-refractivity contribution in [3.63, 3.8) is 0 Å². The number of nitrogens with two attached hydrogens (primary N) is 1. The van der Waals surface area contributed by atoms with E-state index in [9.17, 15) is 31.1 Å². The summed E-state index contributed by atoms with van der Waals surface area (Å²) in [5, 5.41) is 3.11. The average Bonchev–Trinajstić information content (AvgIpc) is 2.95. The predicted octanol–water partition coefficient (Wildman–Crippen LogP) is 3.34. The zero-order valence-electron chi connectivity index (χ0n) is 15.2. The highest BCUT2D eigenvalue weighted by Gasteiger charge is 2.39. The molecule has 1 saturated heterocycles. The van der Waals surface area contributed by atoms with Crippen LogP contribution in [-0.4, -0.2) is 67.3 Å². The molecule has 1 aliphatic heterocycles. The third kappa shape index (κ3) is 6.47. The molecule has 3 N–H and O–H groups in total. The Morgan fingerprint density at radius 2 is 1.82 bits per heavy atom. The fraction of sp³-hybridized carbons (Fsp3) is 0.588. The molecule has 1 atom stereocenters. The molecule has 1 aromatic carbocycles. The molecule has 0 radical (unpaired) electrons. The lowest BCUT2D eigenvalue weighted by atomic mass is 10.1. The number of rotatable bonds is 6. The third-order valence-corrected chi connectivity index (χ3v) is 4.53. The van der Waals surface area contributed by atoms with Gasteiger partial charge in [-0.3, -0.25) is 4.79 Å². The lowest BCUT2D eigenvalue weighted by Gasteiger charge is -2.25. The number of nitrogen functional groups attached to an aromatic ring is 1. The molecule has 1 amide bonds. The van der Waals surface area contributed by atoms with E-state index in [0.29, 0.717) is 18.3 Å². The number of amides is 1. The highest BCUT2D eigenvalue weighted by atomic mass is 19.4. The van der Waals surface area contributed by atoms with Crippen LogP contribution in [0.15, 0.2) is 18.2 Å². The Kier molecular flexibility index (Phi) is 6.68. The number of likely N-dealkylation sites (tertiary alicyclic amines) is 1. The second-order valence-electron chi connectivity index (χ2n) is 6.85. The summed E-state index contributed by atoms with van der Waals surface area (Å²) in [4.78, 5) is 14.1. The highest BCUT2D eigenvalue weighted by molar-refractivity contribution is 5.96. The van der Waals surface area contributed by atoms with Crippen molar-refractivity contribution in [3.05, 3.63) is 23.8 Å². The molecule has 1 fully saturated rings. The zero-order chi connectivity index (χ0) is 21.1. The largest absolute Gasteiger partial charge is 0.406 e. The van der Waals surface area contributed by atoms with Crippen LogP contribution in [0.1, 0.15) is 23.2 Å². The molecule has 5 nitrogen and oxygen atoms in total. The van der Waals surface area contributed by atoms with E-state index in [1.165, 1.54) is 12.1 Å². The molecule has 0 saturated carbocycles. The van der Waals surface area contributed by atoms with Gasteiger partial charge >= 0.3 is 12.4 Å². The number of nitrogens with one attached hydrogen (secondary N) is 1. The van der Waals surface area contributed by atoms with Crippen LogP contribution < -0.4 is 11.1 Å². The van der Waals surface area contributed by atoms with Crippen molar-refractivity contribution in [1.82, 2.24) is 9.80 Å². The number of halogens is 6. The van der Waals surface area contributed by atoms with Gasteiger partial charge in [0.15, 0.2) is 0 Å². The molecule has 0 aromatic heterocycles. The summed E-state index contributed by atoms with van der Waals surface area (Å²) >= 11 is 0. The van der Waals surface area contributed by atoms with E-state index in [1.54, 1.807) is 0 Å². The van der Waals surface area contributed by atoms with E-state index in [-0.39, 0.29) is 16.2 Å². The van der Waals surface area contributed by atoms with Crippen molar-refractivity contribution in [2.75, 3.05) is 44.3 Å². The van der Waals surface area contributed by atoms with Crippen LogP contribution in [-0.2, 0) is 0 Å².